The van der Waals surface area contributed by atoms with Crippen LogP contribution in [0.2, 0.25) is 10.0 Å². The predicted octanol–water partition coefficient (Wildman–Crippen LogP) is 5.86. The van der Waals surface area contributed by atoms with Gasteiger partial charge in [0.2, 0.25) is 5.76 Å². The molecule has 2 N–H and O–H groups in total. The number of fused-ring (bicyclic) bond motifs is 1. The van der Waals surface area contributed by atoms with E-state index in [0.29, 0.717) is 27.7 Å². The Morgan fingerprint density at radius 1 is 1.02 bits per heavy atom. The minimum absolute atomic E-state index is 0.00761. The first-order valence-corrected chi connectivity index (χ1v) is 20.4. The highest BCUT2D eigenvalue weighted by molar-refractivity contribution is 6.42. The minimum atomic E-state index is -1.47. The third-order valence-corrected chi connectivity index (χ3v) is 12.6. The summed E-state index contributed by atoms with van der Waals surface area (Å²) in [6, 6.07) is 5.49. The molecule has 0 aliphatic carbocycles. The third-order valence-electron chi connectivity index (χ3n) is 11.9. The number of rotatable bonds is 7. The van der Waals surface area contributed by atoms with Gasteiger partial charge < -0.3 is 43.5 Å². The van der Waals surface area contributed by atoms with E-state index in [4.69, 9.17) is 51.4 Å². The van der Waals surface area contributed by atoms with E-state index >= 15 is 0 Å². The van der Waals surface area contributed by atoms with Crippen LogP contribution in [0.1, 0.15) is 80.4 Å². The Morgan fingerprint density at radius 3 is 2.38 bits per heavy atom. The number of Topliss-reactive ketones (excluding diaryl/α,β-unsaturated/α-hetero) is 2. The van der Waals surface area contributed by atoms with Crippen molar-refractivity contribution in [3.63, 3.8) is 0 Å². The van der Waals surface area contributed by atoms with Crippen LogP contribution in [0, 0.1) is 35.5 Å². The first-order valence-electron chi connectivity index (χ1n) is 19.7. The number of hydrogen-bond donors (Lipinski definition) is 2. The number of amides is 1. The third kappa shape index (κ3) is 9.57. The van der Waals surface area contributed by atoms with Gasteiger partial charge in [0.25, 0.3) is 0 Å². The number of ketones is 2. The van der Waals surface area contributed by atoms with Gasteiger partial charge in [-0.15, -0.1) is 0 Å². The van der Waals surface area contributed by atoms with E-state index in [2.05, 4.69) is 22.3 Å². The summed E-state index contributed by atoms with van der Waals surface area (Å²) < 4.78 is 36.6. The van der Waals surface area contributed by atoms with E-state index in [-0.39, 0.29) is 43.1 Å². The zero-order valence-electron chi connectivity index (χ0n) is 34.7. The quantitative estimate of drug-likeness (QED) is 0.193. The number of carbonyl (C=O) groups is 4. The lowest BCUT2D eigenvalue weighted by Gasteiger charge is -2.47. The van der Waals surface area contributed by atoms with Gasteiger partial charge in [0, 0.05) is 35.4 Å². The lowest BCUT2D eigenvalue weighted by atomic mass is 9.73. The molecule has 0 unspecified atom stereocenters. The SMILES string of the molecule is CC[C@@H]1OC(=O)[C@H](C)C(=O)[C@H](C)[C@@H](O[C@@H]2O[C@H](C)C[C@H](N(C)C)[C@H]2O)[C@@](C)(OCC#Cc2cc(-c3ccc(Cl)c(Cl)c3)no2)C[C@@H](C)C(=O)[C@@H](C)[C@H]2NC(=O)O[C@]12C. The molecule has 0 saturated carbocycles. The average Bonchev–Trinajstić information content (AvgIpc) is 3.78. The molecule has 58 heavy (non-hydrogen) atoms. The fourth-order valence-corrected chi connectivity index (χ4v) is 8.87. The van der Waals surface area contributed by atoms with E-state index in [0.717, 1.165) is 0 Å². The van der Waals surface area contributed by atoms with Gasteiger partial charge in [0.1, 0.15) is 36.2 Å². The second-order valence-electron chi connectivity index (χ2n) is 16.5. The van der Waals surface area contributed by atoms with Crippen molar-refractivity contribution in [2.24, 2.45) is 23.7 Å². The Balaban J connectivity index is 1.54. The van der Waals surface area contributed by atoms with Gasteiger partial charge in [0.05, 0.1) is 33.9 Å². The fraction of sp³-hybridized carbons (Fsp3) is 0.643. The molecular formula is C42H55Cl2N3O11. The molecule has 0 radical (unpaired) electrons. The molecule has 318 valence electrons. The van der Waals surface area contributed by atoms with Gasteiger partial charge in [-0.3, -0.25) is 14.4 Å². The van der Waals surface area contributed by atoms with Crippen LogP contribution in [0.25, 0.3) is 11.3 Å². The van der Waals surface area contributed by atoms with Crippen LogP contribution in [0.5, 0.6) is 0 Å². The minimum Gasteiger partial charge on any atom is -0.458 e. The number of nitrogens with zero attached hydrogens (tertiary/aromatic N) is 2. The van der Waals surface area contributed by atoms with Gasteiger partial charge >= 0.3 is 12.1 Å². The monoisotopic (exact) mass is 847 g/mol. The molecule has 16 heteroatoms. The maximum Gasteiger partial charge on any atom is 0.408 e. The molecule has 1 amide bonds. The van der Waals surface area contributed by atoms with Gasteiger partial charge in [-0.25, -0.2) is 4.79 Å². The number of carbonyl (C=O) groups excluding carboxylic acids is 4. The van der Waals surface area contributed by atoms with Crippen LogP contribution in [0.3, 0.4) is 0 Å². The van der Waals surface area contributed by atoms with Crippen LogP contribution in [-0.4, -0.2) is 113 Å². The Hall–Kier alpha value is -3.55. The number of esters is 1. The largest absolute Gasteiger partial charge is 0.458 e. The molecule has 1 aromatic heterocycles. The van der Waals surface area contributed by atoms with Crippen molar-refractivity contribution in [2.45, 2.75) is 129 Å². The molecule has 5 rings (SSSR count). The highest BCUT2D eigenvalue weighted by atomic mass is 35.5. The second-order valence-corrected chi connectivity index (χ2v) is 17.3. The number of ether oxygens (including phenoxy) is 5. The van der Waals surface area contributed by atoms with Crippen LogP contribution < -0.4 is 5.32 Å². The number of aliphatic hydroxyl groups is 1. The molecule has 2 aromatic rings. The van der Waals surface area contributed by atoms with E-state index in [1.54, 1.807) is 65.8 Å². The number of likely N-dealkylation sites (N-methyl/N-ethyl adjacent to an activating group) is 1. The van der Waals surface area contributed by atoms with Crippen molar-refractivity contribution < 1.29 is 52.5 Å². The number of aliphatic hydroxyl groups excluding tert-OH is 1. The number of hydrogen-bond acceptors (Lipinski definition) is 13. The Bertz CT molecular complexity index is 1910. The highest BCUT2D eigenvalue weighted by Crippen LogP contribution is 2.40. The van der Waals surface area contributed by atoms with Crippen molar-refractivity contribution in [1.29, 1.82) is 0 Å². The van der Waals surface area contributed by atoms with E-state index in [1.807, 2.05) is 25.9 Å². The summed E-state index contributed by atoms with van der Waals surface area (Å²) >= 11 is 12.3. The molecule has 0 spiro atoms. The molecule has 3 aliphatic heterocycles. The summed E-state index contributed by atoms with van der Waals surface area (Å²) in [5, 5.41) is 19.2. The average molecular weight is 849 g/mol. The molecule has 13 atom stereocenters. The van der Waals surface area contributed by atoms with Gasteiger partial charge in [-0.05, 0) is 79.1 Å². The zero-order valence-corrected chi connectivity index (χ0v) is 36.2. The molecule has 3 aliphatic rings. The summed E-state index contributed by atoms with van der Waals surface area (Å²) in [5.41, 5.74) is -1.73. The predicted molar refractivity (Wildman–Crippen MR) is 214 cm³/mol. The van der Waals surface area contributed by atoms with Crippen LogP contribution >= 0.6 is 23.2 Å². The van der Waals surface area contributed by atoms with E-state index in [9.17, 15) is 24.3 Å². The first-order chi connectivity index (χ1) is 27.2. The Morgan fingerprint density at radius 2 is 1.72 bits per heavy atom. The summed E-state index contributed by atoms with van der Waals surface area (Å²) in [6.07, 6.45) is -4.79. The van der Waals surface area contributed by atoms with Crippen molar-refractivity contribution >= 4 is 46.8 Å². The van der Waals surface area contributed by atoms with Gasteiger partial charge in [-0.1, -0.05) is 68.0 Å². The summed E-state index contributed by atoms with van der Waals surface area (Å²) in [7, 11) is 3.69. The van der Waals surface area contributed by atoms with Crippen molar-refractivity contribution in [2.75, 3.05) is 20.7 Å². The number of alkyl carbamates (subject to hydrolysis) is 1. The topological polar surface area (TPSA) is 176 Å². The first kappa shape index (κ1) is 45.5. The molecular weight excluding hydrogens is 793 g/mol. The number of aromatic nitrogens is 1. The van der Waals surface area contributed by atoms with E-state index in [1.165, 1.54) is 6.92 Å². The molecule has 3 fully saturated rings. The zero-order chi connectivity index (χ0) is 42.9. The lowest BCUT2D eigenvalue weighted by Crippen LogP contribution is -2.60. The Kier molecular flexibility index (Phi) is 14.4. The standard InChI is InChI=1S/C42H55Cl2N3O11/c1-11-32-42(8)36(45-40(52)57-42)23(4)33(48)21(2)20-41(7,53-16-12-13-27-19-30(46-58-27)26-14-15-28(43)29(44)18-26)37(24(5)34(49)25(6)38(51)55-32)56-39-35(50)31(47(9)10)17-22(3)54-39/h14-15,18-19,21-25,31-32,35-37,39,50H,11,16-17,20H2,1-10H3,(H,45,52)/t21-,22-,23-,24+,25-,31+,32+,35-,36-,37-,39+,41+,42-/m1/s1. The summed E-state index contributed by atoms with van der Waals surface area (Å²) in [4.78, 5) is 57.3. The second kappa shape index (κ2) is 18.4. The van der Waals surface area contributed by atoms with Crippen LogP contribution in [-0.2, 0) is 38.1 Å². The van der Waals surface area contributed by atoms with Crippen molar-refractivity contribution in [3.05, 3.63) is 40.1 Å². The maximum absolute atomic E-state index is 14.4. The van der Waals surface area contributed by atoms with Crippen LogP contribution in [0.15, 0.2) is 28.8 Å². The van der Waals surface area contributed by atoms with Gasteiger partial charge in [0.15, 0.2) is 17.7 Å². The lowest BCUT2D eigenvalue weighted by molar-refractivity contribution is -0.296. The number of nitrogens with one attached hydrogen (secondary N) is 1. The number of halogens is 2. The highest BCUT2D eigenvalue weighted by Gasteiger charge is 2.57. The van der Waals surface area contributed by atoms with Gasteiger partial charge in [-0.2, -0.15) is 0 Å². The number of cyclic esters (lactones) is 1. The summed E-state index contributed by atoms with van der Waals surface area (Å²) in [6.45, 7) is 13.3. The number of benzene rings is 1. The van der Waals surface area contributed by atoms with Crippen LogP contribution in [0.4, 0.5) is 4.79 Å². The fourth-order valence-electron chi connectivity index (χ4n) is 8.58. The normalized spacial score (nSPS) is 36.3. The molecule has 0 bridgehead atoms. The molecule has 1 aromatic carbocycles. The van der Waals surface area contributed by atoms with E-state index < -0.39 is 83.4 Å². The van der Waals surface area contributed by atoms with Crippen molar-refractivity contribution in [3.8, 4) is 23.1 Å². The molecule has 4 heterocycles. The maximum atomic E-state index is 14.4. The molecule has 3 saturated heterocycles. The Labute approximate surface area is 349 Å². The summed E-state index contributed by atoms with van der Waals surface area (Å²) in [5.74, 6) is 0.611. The smallest absolute Gasteiger partial charge is 0.408 e. The van der Waals surface area contributed by atoms with Crippen molar-refractivity contribution in [1.82, 2.24) is 15.4 Å². The molecule has 14 nitrogen and oxygen atoms in total.